The summed E-state index contributed by atoms with van der Waals surface area (Å²) in [5, 5.41) is 0. The van der Waals surface area contributed by atoms with Crippen LogP contribution in [0.4, 0.5) is 0 Å². The summed E-state index contributed by atoms with van der Waals surface area (Å²) in [4.78, 5) is 4.24. The molecule has 0 aliphatic carbocycles. The third kappa shape index (κ3) is 2.92. The van der Waals surface area contributed by atoms with E-state index in [0.717, 1.165) is 23.1 Å². The highest BCUT2D eigenvalue weighted by molar-refractivity contribution is 8.67. The van der Waals surface area contributed by atoms with Gasteiger partial charge in [-0.1, -0.05) is 18.7 Å². The lowest BCUT2D eigenvalue weighted by Crippen LogP contribution is -2.11. The molecule has 0 aromatic carbocycles. The van der Waals surface area contributed by atoms with E-state index in [2.05, 4.69) is 4.99 Å². The Morgan fingerprint density at radius 1 is 1.67 bits per heavy atom. The molecule has 0 unspecified atom stereocenters. The Kier molecular flexibility index (Phi) is 4.39. The second-order valence-corrected chi connectivity index (χ2v) is 8.59. The maximum Gasteiger partial charge on any atom is 0.157 e. The Labute approximate surface area is 87.2 Å². The molecule has 0 atom stereocenters. The zero-order valence-electron chi connectivity index (χ0n) is 6.82. The van der Waals surface area contributed by atoms with Crippen molar-refractivity contribution in [1.29, 1.82) is 0 Å². The third-order valence-corrected chi connectivity index (χ3v) is 6.23. The highest BCUT2D eigenvalue weighted by Gasteiger charge is 2.16. The van der Waals surface area contributed by atoms with Gasteiger partial charge < -0.3 is 4.18 Å². The van der Waals surface area contributed by atoms with Crippen molar-refractivity contribution in [2.75, 3.05) is 18.9 Å². The molecule has 0 aromatic heterocycles. The summed E-state index contributed by atoms with van der Waals surface area (Å²) in [5.41, 5.74) is 0. The highest BCUT2D eigenvalue weighted by Crippen LogP contribution is 2.18. The molecule has 6 heteroatoms. The minimum atomic E-state index is -1.84. The van der Waals surface area contributed by atoms with E-state index in [1.807, 2.05) is 6.92 Å². The molecule has 0 fully saturated rings. The summed E-state index contributed by atoms with van der Waals surface area (Å²) in [6.07, 6.45) is 0.958. The average molecular weight is 241 g/mol. The fourth-order valence-corrected chi connectivity index (χ4v) is 4.55. The summed E-state index contributed by atoms with van der Waals surface area (Å²) in [6.45, 7) is 3.54. The minimum absolute atomic E-state index is 0.655. The molecular formula is C6H11NOS4. The van der Waals surface area contributed by atoms with E-state index in [9.17, 15) is 0 Å². The number of thioether (sulfide) groups is 1. The van der Waals surface area contributed by atoms with Crippen molar-refractivity contribution in [2.45, 2.75) is 13.3 Å². The first-order valence-electron chi connectivity index (χ1n) is 3.73. The molecule has 0 saturated heterocycles. The van der Waals surface area contributed by atoms with Crippen molar-refractivity contribution in [2.24, 2.45) is 4.99 Å². The van der Waals surface area contributed by atoms with Crippen LogP contribution in [0.3, 0.4) is 0 Å². The van der Waals surface area contributed by atoms with Crippen LogP contribution in [-0.2, 0) is 34.0 Å². The van der Waals surface area contributed by atoms with Crippen LogP contribution < -0.4 is 0 Å². The van der Waals surface area contributed by atoms with Crippen LogP contribution in [0.1, 0.15) is 13.3 Å². The van der Waals surface area contributed by atoms with Crippen LogP contribution in [-0.4, -0.2) is 23.3 Å². The van der Waals surface area contributed by atoms with Gasteiger partial charge in [0, 0.05) is 5.75 Å². The second kappa shape index (κ2) is 4.85. The summed E-state index contributed by atoms with van der Waals surface area (Å²) in [6, 6.07) is 0. The standard InChI is InChI=1S/C6H11NOS4/c1-2-4-8-12(9,10)6-7-3-5-11-6/h2-5H2,1H3. The van der Waals surface area contributed by atoms with Crippen LogP contribution in [0, 0.1) is 0 Å². The molecule has 0 radical (unpaired) electrons. The van der Waals surface area contributed by atoms with Gasteiger partial charge in [0.1, 0.15) is 0 Å². The summed E-state index contributed by atoms with van der Waals surface area (Å²) in [5.74, 6) is 1.01. The van der Waals surface area contributed by atoms with Crippen molar-refractivity contribution in [3.63, 3.8) is 0 Å². The molecule has 1 aliphatic heterocycles. The first-order valence-corrected chi connectivity index (χ1v) is 8.13. The number of nitrogens with zero attached hydrogens (tertiary/aromatic N) is 1. The Bertz CT molecular complexity index is 269. The van der Waals surface area contributed by atoms with E-state index in [0.29, 0.717) is 6.61 Å². The van der Waals surface area contributed by atoms with Crippen molar-refractivity contribution >= 4 is 45.9 Å². The van der Waals surface area contributed by atoms with Gasteiger partial charge in [-0.25, -0.2) is 0 Å². The van der Waals surface area contributed by atoms with Gasteiger partial charge in [0.15, 0.2) is 4.38 Å². The fourth-order valence-electron chi connectivity index (χ4n) is 0.710. The van der Waals surface area contributed by atoms with Crippen molar-refractivity contribution in [3.05, 3.63) is 0 Å². The topological polar surface area (TPSA) is 21.6 Å². The van der Waals surface area contributed by atoms with E-state index in [1.54, 1.807) is 11.8 Å². The minimum Gasteiger partial charge on any atom is -0.305 e. The van der Waals surface area contributed by atoms with Crippen molar-refractivity contribution in [1.82, 2.24) is 0 Å². The van der Waals surface area contributed by atoms with E-state index < -0.39 is 7.43 Å². The maximum absolute atomic E-state index is 5.42. The number of hydrogen-bond acceptors (Lipinski definition) is 5. The fraction of sp³-hybridized carbons (Fsp3) is 0.833. The van der Waals surface area contributed by atoms with Crippen LogP contribution in [0.5, 0.6) is 0 Å². The molecule has 0 amide bonds. The van der Waals surface area contributed by atoms with Crippen LogP contribution in [0.25, 0.3) is 0 Å². The summed E-state index contributed by atoms with van der Waals surface area (Å²) < 4.78 is 6.30. The Hall–Kier alpha value is 0.770. The van der Waals surface area contributed by atoms with Gasteiger partial charge >= 0.3 is 0 Å². The van der Waals surface area contributed by atoms with Gasteiger partial charge in [-0.2, -0.15) is 0 Å². The Morgan fingerprint density at radius 3 is 2.92 bits per heavy atom. The quantitative estimate of drug-likeness (QED) is 0.746. The highest BCUT2D eigenvalue weighted by atomic mass is 33.1. The third-order valence-electron chi connectivity index (χ3n) is 1.21. The zero-order chi connectivity index (χ0) is 9.03. The molecule has 2 nitrogen and oxygen atoms in total. The molecule has 0 saturated carbocycles. The van der Waals surface area contributed by atoms with Gasteiger partial charge in [-0.15, -0.1) is 0 Å². The molecular weight excluding hydrogens is 230 g/mol. The zero-order valence-corrected chi connectivity index (χ0v) is 10.1. The monoisotopic (exact) mass is 241 g/mol. The predicted molar refractivity (Wildman–Crippen MR) is 63.1 cm³/mol. The maximum atomic E-state index is 5.42. The molecule has 0 bridgehead atoms. The Morgan fingerprint density at radius 2 is 2.42 bits per heavy atom. The molecule has 1 aliphatic rings. The van der Waals surface area contributed by atoms with Crippen molar-refractivity contribution in [3.8, 4) is 0 Å². The number of rotatable bonds is 3. The predicted octanol–water partition coefficient (Wildman–Crippen LogP) is 1.51. The van der Waals surface area contributed by atoms with Gasteiger partial charge in [0.05, 0.1) is 20.6 Å². The summed E-state index contributed by atoms with van der Waals surface area (Å²) >= 11 is 12.0. The van der Waals surface area contributed by atoms with E-state index in [4.69, 9.17) is 26.6 Å². The largest absolute Gasteiger partial charge is 0.305 e. The lowest BCUT2D eigenvalue weighted by molar-refractivity contribution is 0.372. The van der Waals surface area contributed by atoms with Gasteiger partial charge in [-0.05, 0) is 28.8 Å². The average Bonchev–Trinajstić information content (AvgIpc) is 2.53. The van der Waals surface area contributed by atoms with Gasteiger partial charge in [0.25, 0.3) is 0 Å². The second-order valence-electron chi connectivity index (χ2n) is 2.27. The Balaban J connectivity index is 2.59. The molecule has 0 spiro atoms. The van der Waals surface area contributed by atoms with Gasteiger partial charge in [-0.3, -0.25) is 4.99 Å². The SMILES string of the molecule is CCCOS(=S)(=S)C1=NCCS1. The van der Waals surface area contributed by atoms with Crippen molar-refractivity contribution < 1.29 is 4.18 Å². The van der Waals surface area contributed by atoms with Crippen LogP contribution in [0.15, 0.2) is 4.99 Å². The molecule has 0 aromatic rings. The number of aliphatic imine (C=N–C) groups is 1. The number of hydrogen-bond donors (Lipinski definition) is 0. The molecule has 0 N–H and O–H groups in total. The molecule has 1 heterocycles. The lowest BCUT2D eigenvalue weighted by atomic mass is 10.5. The van der Waals surface area contributed by atoms with E-state index in [-0.39, 0.29) is 0 Å². The normalized spacial score (nSPS) is 17.9. The summed E-state index contributed by atoms with van der Waals surface area (Å²) in [7, 11) is -1.84. The van der Waals surface area contributed by atoms with E-state index in [1.165, 1.54) is 0 Å². The first kappa shape index (κ1) is 10.8. The van der Waals surface area contributed by atoms with Crippen LogP contribution in [0.2, 0.25) is 0 Å². The molecule has 70 valence electrons. The van der Waals surface area contributed by atoms with E-state index >= 15 is 0 Å². The van der Waals surface area contributed by atoms with Gasteiger partial charge in [0.2, 0.25) is 0 Å². The molecule has 1 rings (SSSR count). The molecule has 12 heavy (non-hydrogen) atoms. The van der Waals surface area contributed by atoms with Crippen LogP contribution >= 0.6 is 11.8 Å². The smallest absolute Gasteiger partial charge is 0.157 e. The lowest BCUT2D eigenvalue weighted by Gasteiger charge is -2.08. The first-order chi connectivity index (χ1) is 5.67.